The number of anilines is 1. The number of rotatable bonds is 6. The predicted molar refractivity (Wildman–Crippen MR) is 96.8 cm³/mol. The standard InChI is InChI=1S/C16H17BrN2O4S/c1-23-15-7-6-12(9-14(15)17)16(20)18-10-11-4-3-5-13(8-11)19-24(2,21)22/h3-9,19H,10H2,1-2H3,(H,18,20). The van der Waals surface area contributed by atoms with Crippen LogP contribution in [0, 0.1) is 0 Å². The molecule has 0 saturated heterocycles. The monoisotopic (exact) mass is 412 g/mol. The van der Waals surface area contributed by atoms with E-state index < -0.39 is 10.0 Å². The highest BCUT2D eigenvalue weighted by Crippen LogP contribution is 2.25. The highest BCUT2D eigenvalue weighted by Gasteiger charge is 2.09. The fourth-order valence-corrected chi connectivity index (χ4v) is 3.15. The number of carbonyl (C=O) groups excluding carboxylic acids is 1. The summed E-state index contributed by atoms with van der Waals surface area (Å²) in [5, 5.41) is 2.79. The lowest BCUT2D eigenvalue weighted by Crippen LogP contribution is -2.22. The number of ether oxygens (including phenoxy) is 1. The summed E-state index contributed by atoms with van der Waals surface area (Å²) in [6.07, 6.45) is 1.09. The van der Waals surface area contributed by atoms with Crippen molar-refractivity contribution >= 4 is 37.5 Å². The van der Waals surface area contributed by atoms with Gasteiger partial charge in [-0.1, -0.05) is 12.1 Å². The fourth-order valence-electron chi connectivity index (χ4n) is 2.05. The Morgan fingerprint density at radius 3 is 2.58 bits per heavy atom. The van der Waals surface area contributed by atoms with E-state index in [1.165, 1.54) is 0 Å². The van der Waals surface area contributed by atoms with Gasteiger partial charge in [-0.3, -0.25) is 9.52 Å². The number of nitrogens with one attached hydrogen (secondary N) is 2. The number of amides is 1. The van der Waals surface area contributed by atoms with Gasteiger partial charge in [0.1, 0.15) is 5.75 Å². The van der Waals surface area contributed by atoms with Crippen LogP contribution in [0.15, 0.2) is 46.9 Å². The molecule has 0 aliphatic rings. The summed E-state index contributed by atoms with van der Waals surface area (Å²) in [7, 11) is -1.78. The lowest BCUT2D eigenvalue weighted by atomic mass is 10.1. The van der Waals surface area contributed by atoms with Gasteiger partial charge in [0.25, 0.3) is 5.91 Å². The van der Waals surface area contributed by atoms with Crippen molar-refractivity contribution in [3.63, 3.8) is 0 Å². The van der Waals surface area contributed by atoms with Crippen molar-refractivity contribution < 1.29 is 17.9 Å². The number of halogens is 1. The first-order valence-corrected chi connectivity index (χ1v) is 9.65. The third-order valence-electron chi connectivity index (χ3n) is 3.10. The van der Waals surface area contributed by atoms with Crippen molar-refractivity contribution in [2.45, 2.75) is 6.54 Å². The maximum atomic E-state index is 12.2. The molecule has 2 aromatic rings. The average Bonchev–Trinajstić information content (AvgIpc) is 2.51. The Morgan fingerprint density at radius 2 is 1.96 bits per heavy atom. The van der Waals surface area contributed by atoms with Crippen LogP contribution in [0.25, 0.3) is 0 Å². The van der Waals surface area contributed by atoms with Gasteiger partial charge in [0, 0.05) is 17.8 Å². The zero-order valence-electron chi connectivity index (χ0n) is 13.2. The summed E-state index contributed by atoms with van der Waals surface area (Å²) in [6.45, 7) is 0.280. The minimum Gasteiger partial charge on any atom is -0.496 e. The van der Waals surface area contributed by atoms with Crippen LogP contribution in [0.3, 0.4) is 0 Å². The largest absolute Gasteiger partial charge is 0.496 e. The zero-order chi connectivity index (χ0) is 17.7. The molecule has 2 rings (SSSR count). The van der Waals surface area contributed by atoms with Gasteiger partial charge < -0.3 is 10.1 Å². The summed E-state index contributed by atoms with van der Waals surface area (Å²) < 4.78 is 30.7. The van der Waals surface area contributed by atoms with Crippen molar-refractivity contribution in [2.24, 2.45) is 0 Å². The summed E-state index contributed by atoms with van der Waals surface area (Å²) in [4.78, 5) is 12.2. The zero-order valence-corrected chi connectivity index (χ0v) is 15.6. The van der Waals surface area contributed by atoms with Crippen LogP contribution < -0.4 is 14.8 Å². The Kier molecular flexibility index (Phi) is 5.84. The molecular formula is C16H17BrN2O4S. The molecule has 0 aliphatic carbocycles. The normalized spacial score (nSPS) is 11.0. The molecule has 8 heteroatoms. The van der Waals surface area contributed by atoms with Crippen LogP contribution in [0.2, 0.25) is 0 Å². The molecule has 0 aromatic heterocycles. The van der Waals surface area contributed by atoms with E-state index in [-0.39, 0.29) is 12.5 Å². The second kappa shape index (κ2) is 7.67. The van der Waals surface area contributed by atoms with Gasteiger partial charge in [0.05, 0.1) is 17.8 Å². The highest BCUT2D eigenvalue weighted by atomic mass is 79.9. The maximum Gasteiger partial charge on any atom is 0.251 e. The molecule has 24 heavy (non-hydrogen) atoms. The second-order valence-corrected chi connectivity index (χ2v) is 7.71. The van der Waals surface area contributed by atoms with Gasteiger partial charge >= 0.3 is 0 Å². The van der Waals surface area contributed by atoms with E-state index in [0.717, 1.165) is 11.8 Å². The quantitative estimate of drug-likeness (QED) is 0.763. The minimum absolute atomic E-state index is 0.236. The van der Waals surface area contributed by atoms with Gasteiger partial charge in [0.2, 0.25) is 10.0 Å². The van der Waals surface area contributed by atoms with Crippen LogP contribution in [0.4, 0.5) is 5.69 Å². The first kappa shape index (κ1) is 18.3. The first-order valence-electron chi connectivity index (χ1n) is 6.97. The third-order valence-corrected chi connectivity index (χ3v) is 4.32. The van der Waals surface area contributed by atoms with Crippen molar-refractivity contribution in [3.05, 3.63) is 58.1 Å². The Hall–Kier alpha value is -2.06. The molecule has 0 unspecified atom stereocenters. The molecule has 0 spiro atoms. The van der Waals surface area contributed by atoms with E-state index in [9.17, 15) is 13.2 Å². The maximum absolute atomic E-state index is 12.2. The molecule has 2 N–H and O–H groups in total. The molecule has 0 fully saturated rings. The van der Waals surface area contributed by atoms with E-state index in [4.69, 9.17) is 4.74 Å². The van der Waals surface area contributed by atoms with Crippen LogP contribution in [0.5, 0.6) is 5.75 Å². The molecule has 128 valence electrons. The Morgan fingerprint density at radius 1 is 1.21 bits per heavy atom. The summed E-state index contributed by atoms with van der Waals surface area (Å²) in [6, 6.07) is 11.9. The van der Waals surface area contributed by atoms with Gasteiger partial charge in [-0.15, -0.1) is 0 Å². The topological polar surface area (TPSA) is 84.5 Å². The fraction of sp³-hybridized carbons (Fsp3) is 0.188. The van der Waals surface area contributed by atoms with E-state index in [2.05, 4.69) is 26.0 Å². The Balaban J connectivity index is 2.04. The van der Waals surface area contributed by atoms with Gasteiger partial charge in [-0.2, -0.15) is 0 Å². The lowest BCUT2D eigenvalue weighted by molar-refractivity contribution is 0.0951. The Labute approximate surface area is 149 Å². The van der Waals surface area contributed by atoms with Crippen LogP contribution in [-0.4, -0.2) is 27.7 Å². The predicted octanol–water partition coefficient (Wildman–Crippen LogP) is 2.76. The third kappa shape index (κ3) is 5.24. The summed E-state index contributed by atoms with van der Waals surface area (Å²) >= 11 is 3.34. The molecule has 0 heterocycles. The highest BCUT2D eigenvalue weighted by molar-refractivity contribution is 9.10. The van der Waals surface area contributed by atoms with Crippen molar-refractivity contribution in [3.8, 4) is 5.75 Å². The number of methoxy groups -OCH3 is 1. The van der Waals surface area contributed by atoms with Crippen LogP contribution in [-0.2, 0) is 16.6 Å². The SMILES string of the molecule is COc1ccc(C(=O)NCc2cccc(NS(C)(=O)=O)c2)cc1Br. The molecule has 6 nitrogen and oxygen atoms in total. The molecule has 1 amide bonds. The minimum atomic E-state index is -3.33. The molecule has 0 bridgehead atoms. The van der Waals surface area contributed by atoms with Crippen LogP contribution >= 0.6 is 15.9 Å². The van der Waals surface area contributed by atoms with Gasteiger partial charge in [-0.25, -0.2) is 8.42 Å². The number of sulfonamides is 1. The van der Waals surface area contributed by atoms with Crippen molar-refractivity contribution in [2.75, 3.05) is 18.1 Å². The summed E-state index contributed by atoms with van der Waals surface area (Å²) in [5.74, 6) is 0.408. The van der Waals surface area contributed by atoms with E-state index in [1.807, 2.05) is 0 Å². The number of hydrogen-bond donors (Lipinski definition) is 2. The second-order valence-electron chi connectivity index (χ2n) is 5.11. The van der Waals surface area contributed by atoms with Gasteiger partial charge in [0.15, 0.2) is 0 Å². The van der Waals surface area contributed by atoms with Crippen LogP contribution in [0.1, 0.15) is 15.9 Å². The first-order chi connectivity index (χ1) is 11.3. The number of hydrogen-bond acceptors (Lipinski definition) is 4. The molecular weight excluding hydrogens is 396 g/mol. The molecule has 2 aromatic carbocycles. The number of carbonyl (C=O) groups is 1. The number of benzene rings is 2. The molecule has 0 atom stereocenters. The van der Waals surface area contributed by atoms with Crippen molar-refractivity contribution in [1.29, 1.82) is 0 Å². The lowest BCUT2D eigenvalue weighted by Gasteiger charge is -2.09. The molecule has 0 aliphatic heterocycles. The Bertz CT molecular complexity index is 853. The van der Waals surface area contributed by atoms with E-state index in [1.54, 1.807) is 49.6 Å². The van der Waals surface area contributed by atoms with E-state index in [0.29, 0.717) is 21.5 Å². The summed E-state index contributed by atoms with van der Waals surface area (Å²) in [5.41, 5.74) is 1.73. The van der Waals surface area contributed by atoms with Crippen molar-refractivity contribution in [1.82, 2.24) is 5.32 Å². The molecule has 0 radical (unpaired) electrons. The van der Waals surface area contributed by atoms with Gasteiger partial charge in [-0.05, 0) is 51.8 Å². The average molecular weight is 413 g/mol. The smallest absolute Gasteiger partial charge is 0.251 e. The van der Waals surface area contributed by atoms with E-state index >= 15 is 0 Å². The molecule has 0 saturated carbocycles.